The zero-order chi connectivity index (χ0) is 15.7. The summed E-state index contributed by atoms with van der Waals surface area (Å²) in [5.41, 5.74) is 2.23. The number of amides is 2. The Bertz CT molecular complexity index is 673. The Labute approximate surface area is 142 Å². The van der Waals surface area contributed by atoms with Gasteiger partial charge in [0.05, 0.1) is 19.5 Å². The van der Waals surface area contributed by atoms with Gasteiger partial charge in [0, 0.05) is 35.5 Å². The molecule has 2 aliphatic heterocycles. The number of hydrogen-bond acceptors (Lipinski definition) is 3. The van der Waals surface area contributed by atoms with E-state index in [0.29, 0.717) is 13.2 Å². The van der Waals surface area contributed by atoms with Crippen LogP contribution in [0.2, 0.25) is 0 Å². The Morgan fingerprint density at radius 1 is 1.50 bits per heavy atom. The number of nitrogens with zero attached hydrogens (tertiary/aromatic N) is 3. The van der Waals surface area contributed by atoms with E-state index in [1.165, 1.54) is 28.8 Å². The number of aliphatic imine (C=N–C) groups is 1. The van der Waals surface area contributed by atoms with Gasteiger partial charge >= 0.3 is 6.03 Å². The zero-order valence-electron chi connectivity index (χ0n) is 12.4. The van der Waals surface area contributed by atoms with Gasteiger partial charge in [-0.2, -0.15) is 4.99 Å². The molecular weight excluding hydrogens is 366 g/mol. The van der Waals surface area contributed by atoms with Crippen LogP contribution >= 0.6 is 27.9 Å². The van der Waals surface area contributed by atoms with Crippen LogP contribution < -0.4 is 4.74 Å². The number of ether oxygens (including phenoxy) is 1. The van der Waals surface area contributed by atoms with Gasteiger partial charge in [-0.25, -0.2) is 4.79 Å². The van der Waals surface area contributed by atoms with E-state index in [0.717, 1.165) is 22.2 Å². The van der Waals surface area contributed by atoms with Gasteiger partial charge in [0.1, 0.15) is 5.75 Å². The molecule has 2 heterocycles. The fourth-order valence-corrected chi connectivity index (χ4v) is 3.72. The molecule has 0 spiro atoms. The average molecular weight is 382 g/mol. The fourth-order valence-electron chi connectivity index (χ4n) is 2.34. The molecule has 0 radical (unpaired) electrons. The maximum Gasteiger partial charge on any atom is 0.355 e. The lowest BCUT2D eigenvalue weighted by Crippen LogP contribution is -2.21. The van der Waals surface area contributed by atoms with Gasteiger partial charge in [-0.3, -0.25) is 4.31 Å². The van der Waals surface area contributed by atoms with Crippen molar-refractivity contribution in [3.8, 4) is 5.75 Å². The van der Waals surface area contributed by atoms with Crippen molar-refractivity contribution >= 4 is 45.8 Å². The molecule has 7 heteroatoms. The summed E-state index contributed by atoms with van der Waals surface area (Å²) in [5, 5.41) is 0. The third-order valence-corrected chi connectivity index (χ3v) is 5.00. The van der Waals surface area contributed by atoms with Crippen LogP contribution in [-0.4, -0.2) is 48.8 Å². The average Bonchev–Trinajstić information content (AvgIpc) is 2.82. The standard InChI is InChI=1S/C15H16BrN3O2S/c1-18(2)9-17-15(20)19-8-12-11-4-3-10(16)7-13(11)21-6-5-14(12)22-19/h3-4,7,9H,5-6,8H2,1-2H3. The van der Waals surface area contributed by atoms with E-state index in [2.05, 4.69) is 20.9 Å². The van der Waals surface area contributed by atoms with Gasteiger partial charge in [-0.15, -0.1) is 0 Å². The van der Waals surface area contributed by atoms with Crippen LogP contribution in [-0.2, 0) is 0 Å². The Kier molecular flexibility index (Phi) is 4.44. The predicted octanol–water partition coefficient (Wildman–Crippen LogP) is 3.62. The fraction of sp³-hybridized carbons (Fsp3) is 0.333. The number of fused-ring (bicyclic) bond motifs is 2. The molecule has 5 nitrogen and oxygen atoms in total. The molecule has 3 rings (SSSR count). The molecule has 0 bridgehead atoms. The van der Waals surface area contributed by atoms with Crippen LogP contribution in [0.5, 0.6) is 5.75 Å². The number of carbonyl (C=O) groups is 1. The number of rotatable bonds is 1. The smallest absolute Gasteiger partial charge is 0.355 e. The first kappa shape index (κ1) is 15.4. The highest BCUT2D eigenvalue weighted by Crippen LogP contribution is 2.45. The van der Waals surface area contributed by atoms with E-state index in [-0.39, 0.29) is 6.03 Å². The van der Waals surface area contributed by atoms with Crippen LogP contribution in [0.15, 0.2) is 32.6 Å². The molecule has 22 heavy (non-hydrogen) atoms. The van der Waals surface area contributed by atoms with Crippen LogP contribution in [0.1, 0.15) is 12.0 Å². The van der Waals surface area contributed by atoms with Crippen molar-refractivity contribution in [2.24, 2.45) is 4.99 Å². The first-order valence-electron chi connectivity index (χ1n) is 6.89. The molecule has 0 N–H and O–H groups in total. The molecule has 1 aromatic rings. The van der Waals surface area contributed by atoms with Crippen molar-refractivity contribution < 1.29 is 9.53 Å². The number of carbonyl (C=O) groups excluding carboxylic acids is 1. The maximum absolute atomic E-state index is 12.2. The van der Waals surface area contributed by atoms with E-state index in [1.54, 1.807) is 9.21 Å². The lowest BCUT2D eigenvalue weighted by Gasteiger charge is -2.15. The van der Waals surface area contributed by atoms with Crippen LogP contribution in [0, 0.1) is 0 Å². The summed E-state index contributed by atoms with van der Waals surface area (Å²) in [6, 6.07) is 5.78. The van der Waals surface area contributed by atoms with Crippen LogP contribution in [0.3, 0.4) is 0 Å². The molecule has 0 atom stereocenters. The van der Waals surface area contributed by atoms with Crippen LogP contribution in [0.4, 0.5) is 4.79 Å². The molecule has 116 valence electrons. The summed E-state index contributed by atoms with van der Waals surface area (Å²) in [7, 11) is 3.68. The molecular formula is C15H16BrN3O2S. The number of halogens is 1. The topological polar surface area (TPSA) is 45.1 Å². The highest BCUT2D eigenvalue weighted by molar-refractivity contribution is 9.10. The first-order chi connectivity index (χ1) is 10.5. The molecule has 0 saturated heterocycles. The van der Waals surface area contributed by atoms with Crippen molar-refractivity contribution in [2.75, 3.05) is 27.2 Å². The summed E-state index contributed by atoms with van der Waals surface area (Å²) in [4.78, 5) is 19.1. The van der Waals surface area contributed by atoms with Crippen molar-refractivity contribution in [3.63, 3.8) is 0 Å². The lowest BCUT2D eigenvalue weighted by atomic mass is 10.0. The van der Waals surface area contributed by atoms with E-state index >= 15 is 0 Å². The van der Waals surface area contributed by atoms with Crippen molar-refractivity contribution in [3.05, 3.63) is 33.1 Å². The summed E-state index contributed by atoms with van der Waals surface area (Å²) in [5.74, 6) is 0.867. The van der Waals surface area contributed by atoms with Gasteiger partial charge in [0.15, 0.2) is 0 Å². The molecule has 2 aliphatic rings. The largest absolute Gasteiger partial charge is 0.493 e. The van der Waals surface area contributed by atoms with Gasteiger partial charge < -0.3 is 9.64 Å². The normalized spacial score (nSPS) is 17.1. The van der Waals surface area contributed by atoms with Crippen molar-refractivity contribution in [2.45, 2.75) is 6.42 Å². The van der Waals surface area contributed by atoms with E-state index in [1.807, 2.05) is 32.3 Å². The molecule has 0 aromatic heterocycles. The molecule has 0 aliphatic carbocycles. The Hall–Kier alpha value is -1.47. The Balaban J connectivity index is 1.84. The van der Waals surface area contributed by atoms with Crippen LogP contribution in [0.25, 0.3) is 5.57 Å². The quantitative estimate of drug-likeness (QED) is 0.423. The monoisotopic (exact) mass is 381 g/mol. The van der Waals surface area contributed by atoms with E-state index in [4.69, 9.17) is 4.74 Å². The second-order valence-electron chi connectivity index (χ2n) is 5.26. The van der Waals surface area contributed by atoms with E-state index < -0.39 is 0 Å². The minimum absolute atomic E-state index is 0.230. The van der Waals surface area contributed by atoms with Gasteiger partial charge in [-0.05, 0) is 35.7 Å². The summed E-state index contributed by atoms with van der Waals surface area (Å²) in [6.07, 6.45) is 2.34. The number of urea groups is 1. The molecule has 0 fully saturated rings. The molecule has 1 aromatic carbocycles. The van der Waals surface area contributed by atoms with Gasteiger partial charge in [-0.1, -0.05) is 15.9 Å². The van der Waals surface area contributed by atoms with Crippen molar-refractivity contribution in [1.29, 1.82) is 0 Å². The highest BCUT2D eigenvalue weighted by Gasteiger charge is 2.30. The third kappa shape index (κ3) is 3.15. The second-order valence-corrected chi connectivity index (χ2v) is 7.29. The van der Waals surface area contributed by atoms with Crippen molar-refractivity contribution in [1.82, 2.24) is 9.21 Å². The second kappa shape index (κ2) is 6.34. The minimum Gasteiger partial charge on any atom is -0.493 e. The molecule has 2 amide bonds. The highest BCUT2D eigenvalue weighted by atomic mass is 79.9. The number of hydrogen-bond donors (Lipinski definition) is 0. The first-order valence-corrected chi connectivity index (χ1v) is 8.46. The zero-order valence-corrected chi connectivity index (χ0v) is 14.8. The Morgan fingerprint density at radius 3 is 3.09 bits per heavy atom. The number of benzene rings is 1. The van der Waals surface area contributed by atoms with E-state index in [9.17, 15) is 4.79 Å². The summed E-state index contributed by atoms with van der Waals surface area (Å²) in [6.45, 7) is 1.18. The predicted molar refractivity (Wildman–Crippen MR) is 93.0 cm³/mol. The van der Waals surface area contributed by atoms with Gasteiger partial charge in [0.25, 0.3) is 0 Å². The third-order valence-electron chi connectivity index (χ3n) is 3.33. The SMILES string of the molecule is CN(C)C=NC(=O)N1CC2=C(CCOc3cc(Br)ccc32)S1. The lowest BCUT2D eigenvalue weighted by molar-refractivity contribution is 0.238. The Morgan fingerprint density at radius 2 is 2.32 bits per heavy atom. The maximum atomic E-state index is 12.2. The molecule has 0 saturated carbocycles. The molecule has 0 unspecified atom stereocenters. The van der Waals surface area contributed by atoms with Gasteiger partial charge in [0.2, 0.25) is 0 Å². The summed E-state index contributed by atoms with van der Waals surface area (Å²) >= 11 is 4.94. The summed E-state index contributed by atoms with van der Waals surface area (Å²) < 4.78 is 8.50. The minimum atomic E-state index is -0.230.